The van der Waals surface area contributed by atoms with Gasteiger partial charge in [0, 0.05) is 23.8 Å². The quantitative estimate of drug-likeness (QED) is 0.817. The molecule has 108 valence electrons. The van der Waals surface area contributed by atoms with E-state index in [2.05, 4.69) is 5.32 Å². The molecule has 0 bridgehead atoms. The molecule has 2 aliphatic rings. The molecule has 0 aromatic heterocycles. The summed E-state index contributed by atoms with van der Waals surface area (Å²) in [5, 5.41) is 12.2. The van der Waals surface area contributed by atoms with E-state index in [0.29, 0.717) is 30.1 Å². The van der Waals surface area contributed by atoms with Crippen molar-refractivity contribution in [2.45, 2.75) is 32.1 Å². The largest absolute Gasteiger partial charge is 0.378 e. The third kappa shape index (κ3) is 2.05. The molecule has 0 radical (unpaired) electrons. The number of carbonyl (C=O) groups is 1. The number of anilines is 2. The van der Waals surface area contributed by atoms with Crippen molar-refractivity contribution in [1.29, 1.82) is 0 Å². The number of aliphatic hydroxyl groups is 1. The van der Waals surface area contributed by atoms with Crippen LogP contribution in [0.25, 0.3) is 0 Å². The number of aliphatic hydroxyl groups excluding tert-OH is 1. The van der Waals surface area contributed by atoms with Gasteiger partial charge in [-0.2, -0.15) is 0 Å². The van der Waals surface area contributed by atoms with Gasteiger partial charge in [-0.05, 0) is 26.0 Å². The molecule has 0 saturated carbocycles. The summed E-state index contributed by atoms with van der Waals surface area (Å²) >= 11 is 0. The fourth-order valence-corrected chi connectivity index (χ4v) is 2.71. The van der Waals surface area contributed by atoms with E-state index in [9.17, 15) is 14.3 Å². The normalized spacial score (nSPS) is 29.3. The summed E-state index contributed by atoms with van der Waals surface area (Å²) in [6, 6.07) is 2.88. The fraction of sp³-hybridized carbons (Fsp3) is 0.500. The third-order valence-corrected chi connectivity index (χ3v) is 3.84. The molecule has 2 N–H and O–H groups in total. The van der Waals surface area contributed by atoms with E-state index < -0.39 is 17.8 Å². The minimum Gasteiger partial charge on any atom is -0.378 e. The Balaban J connectivity index is 1.99. The Hall–Kier alpha value is -1.66. The zero-order valence-corrected chi connectivity index (χ0v) is 11.4. The van der Waals surface area contributed by atoms with Crippen molar-refractivity contribution >= 4 is 17.3 Å². The summed E-state index contributed by atoms with van der Waals surface area (Å²) in [6.07, 6.45) is -1.26. The van der Waals surface area contributed by atoms with Crippen LogP contribution in [0.4, 0.5) is 15.8 Å². The highest BCUT2D eigenvalue weighted by atomic mass is 19.1. The first-order valence-electron chi connectivity index (χ1n) is 6.68. The highest BCUT2D eigenvalue weighted by molar-refractivity contribution is 6.02. The number of morpholine rings is 1. The summed E-state index contributed by atoms with van der Waals surface area (Å²) in [5.41, 5.74) is 1.20. The van der Waals surface area contributed by atoms with E-state index in [1.807, 2.05) is 18.7 Å². The molecule has 1 fully saturated rings. The Labute approximate surface area is 116 Å². The topological polar surface area (TPSA) is 61.8 Å². The fourth-order valence-electron chi connectivity index (χ4n) is 2.71. The molecule has 1 saturated heterocycles. The number of rotatable bonds is 1. The molecule has 0 spiro atoms. The zero-order valence-electron chi connectivity index (χ0n) is 11.4. The van der Waals surface area contributed by atoms with E-state index in [1.54, 1.807) is 6.07 Å². The van der Waals surface area contributed by atoms with Gasteiger partial charge in [-0.15, -0.1) is 0 Å². The second-order valence-corrected chi connectivity index (χ2v) is 5.43. The van der Waals surface area contributed by atoms with Crippen molar-refractivity contribution in [2.24, 2.45) is 0 Å². The van der Waals surface area contributed by atoms with Crippen LogP contribution in [-0.4, -0.2) is 36.3 Å². The van der Waals surface area contributed by atoms with Gasteiger partial charge in [-0.1, -0.05) is 0 Å². The van der Waals surface area contributed by atoms with Gasteiger partial charge in [0.05, 0.1) is 18.4 Å². The SMILES string of the molecule is CC1CN(c2cc3c(cc2F)C(O)C(=O)N3)C(C)CO1. The summed E-state index contributed by atoms with van der Waals surface area (Å²) in [5.74, 6) is -0.944. The number of fused-ring (bicyclic) bond motifs is 1. The lowest BCUT2D eigenvalue weighted by atomic mass is 10.1. The number of ether oxygens (including phenoxy) is 1. The highest BCUT2D eigenvalue weighted by Crippen LogP contribution is 2.37. The average molecular weight is 280 g/mol. The molecule has 5 nitrogen and oxygen atoms in total. The summed E-state index contributed by atoms with van der Waals surface area (Å²) in [6.45, 7) is 5.03. The maximum Gasteiger partial charge on any atom is 0.257 e. The van der Waals surface area contributed by atoms with Crippen LogP contribution in [0.1, 0.15) is 25.5 Å². The molecule has 3 unspecified atom stereocenters. The average Bonchev–Trinajstić information content (AvgIpc) is 2.68. The predicted molar refractivity (Wildman–Crippen MR) is 72.2 cm³/mol. The van der Waals surface area contributed by atoms with Gasteiger partial charge in [0.2, 0.25) is 0 Å². The van der Waals surface area contributed by atoms with Crippen LogP contribution >= 0.6 is 0 Å². The summed E-state index contributed by atoms with van der Waals surface area (Å²) in [7, 11) is 0. The van der Waals surface area contributed by atoms with Gasteiger partial charge in [0.15, 0.2) is 6.10 Å². The Kier molecular flexibility index (Phi) is 3.14. The number of carbonyl (C=O) groups excluding carboxylic acids is 1. The number of halogens is 1. The zero-order chi connectivity index (χ0) is 14.4. The minimum atomic E-state index is -1.28. The minimum absolute atomic E-state index is 0.0269. The molecule has 20 heavy (non-hydrogen) atoms. The van der Waals surface area contributed by atoms with Gasteiger partial charge in [-0.25, -0.2) is 4.39 Å². The highest BCUT2D eigenvalue weighted by Gasteiger charge is 2.32. The molecule has 6 heteroatoms. The number of hydrogen-bond donors (Lipinski definition) is 2. The first kappa shape index (κ1) is 13.3. The Morgan fingerprint density at radius 3 is 2.95 bits per heavy atom. The van der Waals surface area contributed by atoms with Crippen LogP contribution in [0.15, 0.2) is 12.1 Å². The lowest BCUT2D eigenvalue weighted by molar-refractivity contribution is -0.123. The lowest BCUT2D eigenvalue weighted by Crippen LogP contribution is -2.47. The molecular weight excluding hydrogens is 263 g/mol. The summed E-state index contributed by atoms with van der Waals surface area (Å²) in [4.78, 5) is 13.4. The van der Waals surface area contributed by atoms with Crippen molar-refractivity contribution < 1.29 is 19.0 Å². The number of benzene rings is 1. The first-order chi connectivity index (χ1) is 9.47. The molecular formula is C14H17FN2O3. The summed E-state index contributed by atoms with van der Waals surface area (Å²) < 4.78 is 19.8. The molecule has 3 atom stereocenters. The van der Waals surface area contributed by atoms with Crippen molar-refractivity contribution in [3.05, 3.63) is 23.5 Å². The van der Waals surface area contributed by atoms with E-state index in [-0.39, 0.29) is 12.1 Å². The van der Waals surface area contributed by atoms with Gasteiger partial charge < -0.3 is 20.1 Å². The molecule has 1 aromatic carbocycles. The maximum absolute atomic E-state index is 14.3. The number of amides is 1. The third-order valence-electron chi connectivity index (χ3n) is 3.84. The molecule has 0 aliphatic carbocycles. The van der Waals surface area contributed by atoms with Crippen molar-refractivity contribution in [2.75, 3.05) is 23.4 Å². The van der Waals surface area contributed by atoms with Gasteiger partial charge in [0.1, 0.15) is 5.82 Å². The van der Waals surface area contributed by atoms with E-state index in [0.717, 1.165) is 0 Å². The van der Waals surface area contributed by atoms with Crippen molar-refractivity contribution in [1.82, 2.24) is 0 Å². The standard InChI is InChI=1S/C14H17FN2O3/c1-7-6-20-8(2)5-17(7)12-4-11-9(3-10(12)15)13(18)14(19)16-11/h3-4,7-8,13,18H,5-6H2,1-2H3,(H,16,19). The Bertz CT molecular complexity index is 564. The van der Waals surface area contributed by atoms with E-state index in [4.69, 9.17) is 4.74 Å². The molecule has 3 rings (SSSR count). The number of nitrogens with zero attached hydrogens (tertiary/aromatic N) is 1. The maximum atomic E-state index is 14.3. The van der Waals surface area contributed by atoms with Crippen molar-refractivity contribution in [3.8, 4) is 0 Å². The molecule has 1 amide bonds. The Morgan fingerprint density at radius 1 is 1.45 bits per heavy atom. The van der Waals surface area contributed by atoms with Crippen LogP contribution in [0, 0.1) is 5.82 Å². The first-order valence-corrected chi connectivity index (χ1v) is 6.68. The van der Waals surface area contributed by atoms with Gasteiger partial charge >= 0.3 is 0 Å². The van der Waals surface area contributed by atoms with Gasteiger partial charge in [0.25, 0.3) is 5.91 Å². The van der Waals surface area contributed by atoms with E-state index >= 15 is 0 Å². The molecule has 1 aromatic rings. The van der Waals surface area contributed by atoms with Gasteiger partial charge in [-0.3, -0.25) is 4.79 Å². The predicted octanol–water partition coefficient (Wildman–Crippen LogP) is 1.42. The number of nitrogens with one attached hydrogen (secondary N) is 1. The molecule has 2 heterocycles. The van der Waals surface area contributed by atoms with Crippen LogP contribution in [0.2, 0.25) is 0 Å². The number of hydrogen-bond acceptors (Lipinski definition) is 4. The van der Waals surface area contributed by atoms with Crippen molar-refractivity contribution in [3.63, 3.8) is 0 Å². The van der Waals surface area contributed by atoms with Crippen LogP contribution < -0.4 is 10.2 Å². The smallest absolute Gasteiger partial charge is 0.257 e. The van der Waals surface area contributed by atoms with E-state index in [1.165, 1.54) is 6.07 Å². The monoisotopic (exact) mass is 280 g/mol. The second kappa shape index (κ2) is 4.71. The second-order valence-electron chi connectivity index (χ2n) is 5.43. The Morgan fingerprint density at radius 2 is 2.20 bits per heavy atom. The van der Waals surface area contributed by atoms with Crippen LogP contribution in [0.3, 0.4) is 0 Å². The molecule has 2 aliphatic heterocycles. The lowest BCUT2D eigenvalue weighted by Gasteiger charge is -2.38. The van der Waals surface area contributed by atoms with Crippen LogP contribution in [-0.2, 0) is 9.53 Å². The van der Waals surface area contributed by atoms with Crippen LogP contribution in [0.5, 0.6) is 0 Å².